The van der Waals surface area contributed by atoms with Gasteiger partial charge >= 0.3 is 0 Å². The molecule has 0 radical (unpaired) electrons. The molecule has 0 saturated carbocycles. The maximum atomic E-state index is 11.2. The quantitative estimate of drug-likeness (QED) is 0.883. The number of carbonyl (C=O) groups is 1. The van der Waals surface area contributed by atoms with Crippen molar-refractivity contribution >= 4 is 22.6 Å². The first-order valence-corrected chi connectivity index (χ1v) is 7.68. The van der Waals surface area contributed by atoms with Crippen LogP contribution in [0.5, 0.6) is 0 Å². The Bertz CT molecular complexity index is 782. The number of rotatable bonds is 4. The summed E-state index contributed by atoms with van der Waals surface area (Å²) in [6.07, 6.45) is 0.886. The van der Waals surface area contributed by atoms with Gasteiger partial charge in [0.2, 0.25) is 5.91 Å². The summed E-state index contributed by atoms with van der Waals surface area (Å²) >= 11 is 0. The predicted octanol–water partition coefficient (Wildman–Crippen LogP) is 1.15. The van der Waals surface area contributed by atoms with Gasteiger partial charge in [-0.3, -0.25) is 4.79 Å². The average Bonchev–Trinajstić information content (AvgIpc) is 3.01. The number of nitriles is 1. The largest absolute Gasteiger partial charge is 0.368 e. The monoisotopic (exact) mass is 309 g/mol. The van der Waals surface area contributed by atoms with Gasteiger partial charge in [-0.15, -0.1) is 0 Å². The highest BCUT2D eigenvalue weighted by molar-refractivity contribution is 5.83. The normalized spacial score (nSPS) is 18.8. The highest BCUT2D eigenvalue weighted by Gasteiger charge is 2.27. The summed E-state index contributed by atoms with van der Waals surface area (Å²) in [6, 6.07) is 11.7. The van der Waals surface area contributed by atoms with Crippen LogP contribution in [0.4, 0.5) is 5.82 Å². The number of amides is 1. The van der Waals surface area contributed by atoms with Crippen molar-refractivity contribution < 1.29 is 4.79 Å². The third kappa shape index (κ3) is 3.10. The van der Waals surface area contributed by atoms with Crippen LogP contribution in [-0.4, -0.2) is 36.1 Å². The molecule has 1 saturated heterocycles. The lowest BCUT2D eigenvalue weighted by atomic mass is 10.1. The van der Waals surface area contributed by atoms with E-state index in [1.807, 2.05) is 30.3 Å². The number of anilines is 1. The van der Waals surface area contributed by atoms with Crippen LogP contribution >= 0.6 is 0 Å². The van der Waals surface area contributed by atoms with E-state index in [1.165, 1.54) is 0 Å². The van der Waals surface area contributed by atoms with Crippen LogP contribution in [0.25, 0.3) is 10.9 Å². The molecule has 0 aliphatic carbocycles. The summed E-state index contributed by atoms with van der Waals surface area (Å²) in [4.78, 5) is 17.9. The fraction of sp³-hybridized carbons (Fsp3) is 0.353. The van der Waals surface area contributed by atoms with E-state index in [4.69, 9.17) is 5.73 Å². The third-order valence-corrected chi connectivity index (χ3v) is 4.22. The topological polar surface area (TPSA) is 95.0 Å². The minimum absolute atomic E-state index is 0.164. The molecule has 3 N–H and O–H groups in total. The maximum absolute atomic E-state index is 11.2. The molecule has 2 heterocycles. The zero-order valence-corrected chi connectivity index (χ0v) is 13.0. The zero-order chi connectivity index (χ0) is 16.4. The van der Waals surface area contributed by atoms with Crippen molar-refractivity contribution in [2.24, 2.45) is 5.73 Å². The Balaban J connectivity index is 1.84. The van der Waals surface area contributed by atoms with E-state index in [9.17, 15) is 10.1 Å². The van der Waals surface area contributed by atoms with Gasteiger partial charge in [-0.1, -0.05) is 18.2 Å². The zero-order valence-electron chi connectivity index (χ0n) is 13.0. The van der Waals surface area contributed by atoms with Gasteiger partial charge in [0.25, 0.3) is 0 Å². The minimum atomic E-state index is -0.361. The average molecular weight is 309 g/mol. The molecule has 6 heteroatoms. The third-order valence-electron chi connectivity index (χ3n) is 4.22. The van der Waals surface area contributed by atoms with Gasteiger partial charge in [0.05, 0.1) is 17.1 Å². The molecule has 1 fully saturated rings. The van der Waals surface area contributed by atoms with E-state index >= 15 is 0 Å². The predicted molar refractivity (Wildman–Crippen MR) is 88.9 cm³/mol. The molecule has 3 rings (SSSR count). The van der Waals surface area contributed by atoms with Crippen molar-refractivity contribution in [1.82, 2.24) is 10.3 Å². The number of nitrogens with two attached hydrogens (primary N) is 1. The van der Waals surface area contributed by atoms with Gasteiger partial charge in [0.15, 0.2) is 0 Å². The summed E-state index contributed by atoms with van der Waals surface area (Å²) in [5, 5.41) is 13.6. The van der Waals surface area contributed by atoms with Crippen molar-refractivity contribution in [3.63, 3.8) is 0 Å². The molecule has 0 bridgehead atoms. The van der Waals surface area contributed by atoms with Crippen LogP contribution in [-0.2, 0) is 4.79 Å². The Labute approximate surface area is 134 Å². The van der Waals surface area contributed by atoms with Crippen molar-refractivity contribution in [2.45, 2.75) is 25.4 Å². The van der Waals surface area contributed by atoms with Crippen LogP contribution in [0.3, 0.4) is 0 Å². The van der Waals surface area contributed by atoms with Crippen LogP contribution in [0.2, 0.25) is 0 Å². The molecular weight excluding hydrogens is 290 g/mol. The lowest BCUT2D eigenvalue weighted by Gasteiger charge is -2.21. The number of carbonyl (C=O) groups excluding carboxylic acids is 1. The van der Waals surface area contributed by atoms with E-state index in [1.54, 1.807) is 6.92 Å². The van der Waals surface area contributed by atoms with Crippen molar-refractivity contribution in [2.75, 3.05) is 18.0 Å². The number of pyridine rings is 1. The fourth-order valence-electron chi connectivity index (χ4n) is 2.95. The molecule has 1 amide bonds. The number of fused-ring (bicyclic) bond motifs is 1. The molecule has 0 unspecified atom stereocenters. The molecule has 1 aromatic carbocycles. The number of nitrogens with one attached hydrogen (secondary N) is 1. The van der Waals surface area contributed by atoms with Crippen LogP contribution < -0.4 is 16.0 Å². The molecule has 0 spiro atoms. The maximum Gasteiger partial charge on any atom is 0.234 e. The minimum Gasteiger partial charge on any atom is -0.368 e. The first-order valence-electron chi connectivity index (χ1n) is 7.68. The van der Waals surface area contributed by atoms with Crippen molar-refractivity contribution in [3.05, 3.63) is 35.9 Å². The Kier molecular flexibility index (Phi) is 4.13. The first kappa shape index (κ1) is 15.3. The molecule has 2 aromatic rings. The second-order valence-electron chi connectivity index (χ2n) is 5.89. The second-order valence-corrected chi connectivity index (χ2v) is 5.89. The van der Waals surface area contributed by atoms with Crippen LogP contribution in [0.15, 0.2) is 30.3 Å². The van der Waals surface area contributed by atoms with Crippen molar-refractivity contribution in [1.29, 1.82) is 5.26 Å². The lowest BCUT2D eigenvalue weighted by Crippen LogP contribution is -2.45. The number of benzene rings is 1. The Morgan fingerprint density at radius 3 is 3.04 bits per heavy atom. The highest BCUT2D eigenvalue weighted by Crippen LogP contribution is 2.26. The molecule has 23 heavy (non-hydrogen) atoms. The number of para-hydroxylation sites is 1. The van der Waals surface area contributed by atoms with E-state index in [0.29, 0.717) is 17.9 Å². The number of hydrogen-bond acceptors (Lipinski definition) is 5. The number of primary amides is 1. The first-order chi connectivity index (χ1) is 11.1. The molecule has 1 aromatic heterocycles. The molecule has 2 atom stereocenters. The summed E-state index contributed by atoms with van der Waals surface area (Å²) in [7, 11) is 0. The van der Waals surface area contributed by atoms with E-state index < -0.39 is 0 Å². The number of aromatic nitrogens is 1. The van der Waals surface area contributed by atoms with Gasteiger partial charge in [0.1, 0.15) is 11.9 Å². The van der Waals surface area contributed by atoms with Gasteiger partial charge in [-0.25, -0.2) is 4.98 Å². The number of nitrogens with zero attached hydrogens (tertiary/aromatic N) is 3. The highest BCUT2D eigenvalue weighted by atomic mass is 16.1. The number of hydrogen-bond donors (Lipinski definition) is 2. The van der Waals surface area contributed by atoms with E-state index in [-0.39, 0.29) is 18.0 Å². The molecule has 1 aliphatic heterocycles. The summed E-state index contributed by atoms with van der Waals surface area (Å²) in [6.45, 7) is 3.26. The molecule has 1 aliphatic rings. The van der Waals surface area contributed by atoms with Gasteiger partial charge < -0.3 is 16.0 Å². The Hall–Kier alpha value is -2.65. The van der Waals surface area contributed by atoms with E-state index in [0.717, 1.165) is 23.9 Å². The standard InChI is InChI=1S/C17H19N5O/c1-11(16(19)23)20-14-6-7-22(10-14)17-13(9-18)8-12-4-2-3-5-15(12)21-17/h2-5,8,11,14,20H,6-7,10H2,1H3,(H2,19,23)/t11-,14-/m0/s1. The van der Waals surface area contributed by atoms with Gasteiger partial charge in [0, 0.05) is 24.5 Å². The Morgan fingerprint density at radius 1 is 1.52 bits per heavy atom. The van der Waals surface area contributed by atoms with Crippen LogP contribution in [0, 0.1) is 11.3 Å². The second kappa shape index (κ2) is 6.23. The van der Waals surface area contributed by atoms with Crippen LogP contribution in [0.1, 0.15) is 18.9 Å². The summed E-state index contributed by atoms with van der Waals surface area (Å²) < 4.78 is 0. The SMILES string of the molecule is C[C@H](N[C@H]1CCN(c2nc3ccccc3cc2C#N)C1)C(N)=O. The summed E-state index contributed by atoms with van der Waals surface area (Å²) in [5.74, 6) is 0.354. The van der Waals surface area contributed by atoms with Crippen molar-refractivity contribution in [3.8, 4) is 6.07 Å². The fourth-order valence-corrected chi connectivity index (χ4v) is 2.95. The van der Waals surface area contributed by atoms with Gasteiger partial charge in [-0.05, 0) is 25.5 Å². The van der Waals surface area contributed by atoms with Gasteiger partial charge in [-0.2, -0.15) is 5.26 Å². The summed E-state index contributed by atoms with van der Waals surface area (Å²) in [5.41, 5.74) is 6.75. The lowest BCUT2D eigenvalue weighted by molar-refractivity contribution is -0.119. The smallest absolute Gasteiger partial charge is 0.234 e. The molecule has 118 valence electrons. The Morgan fingerprint density at radius 2 is 2.30 bits per heavy atom. The molecule has 6 nitrogen and oxygen atoms in total. The molecular formula is C17H19N5O. The van der Waals surface area contributed by atoms with E-state index in [2.05, 4.69) is 21.3 Å².